The lowest BCUT2D eigenvalue weighted by molar-refractivity contribution is -0.184. The lowest BCUT2D eigenvalue weighted by Crippen LogP contribution is -2.19. The van der Waals surface area contributed by atoms with Crippen molar-refractivity contribution in [3.63, 3.8) is 0 Å². The highest BCUT2D eigenvalue weighted by molar-refractivity contribution is 5.88. The summed E-state index contributed by atoms with van der Waals surface area (Å²) >= 11 is 0. The third kappa shape index (κ3) is 3.07. The highest BCUT2D eigenvalue weighted by atomic mass is 19.2. The molecule has 1 fully saturated rings. The standard InChI is InChI=1S/C20H13F5O2/c21-15-9-11-8-10(2-3-13(11)17(23)19(15)25)12-4-5-14(18(24)16(12)22)20-26-6-1-7-27-20/h2-5,8-9,20H,1,6-7H2. The molecule has 1 saturated heterocycles. The second-order valence-electron chi connectivity index (χ2n) is 6.18. The van der Waals surface area contributed by atoms with Gasteiger partial charge in [0.15, 0.2) is 35.4 Å². The van der Waals surface area contributed by atoms with Crippen molar-refractivity contribution >= 4 is 10.8 Å². The molecule has 1 aliphatic rings. The summed E-state index contributed by atoms with van der Waals surface area (Å²) in [6.45, 7) is 0.762. The molecular weight excluding hydrogens is 367 g/mol. The first-order chi connectivity index (χ1) is 13.0. The number of hydrogen-bond donors (Lipinski definition) is 0. The largest absolute Gasteiger partial charge is 0.348 e. The van der Waals surface area contributed by atoms with Gasteiger partial charge in [-0.05, 0) is 29.5 Å². The van der Waals surface area contributed by atoms with Crippen LogP contribution in [0.1, 0.15) is 18.3 Å². The Labute approximate surface area is 151 Å². The van der Waals surface area contributed by atoms with Crippen LogP contribution in [0.3, 0.4) is 0 Å². The Morgan fingerprint density at radius 2 is 1.48 bits per heavy atom. The van der Waals surface area contributed by atoms with Gasteiger partial charge in [0.05, 0.1) is 13.2 Å². The number of ether oxygens (including phenoxy) is 2. The van der Waals surface area contributed by atoms with Crippen LogP contribution in [0, 0.1) is 29.1 Å². The quantitative estimate of drug-likeness (QED) is 0.423. The SMILES string of the molecule is Fc1cc2cc(-c3ccc(C4OCCCO4)c(F)c3F)ccc2c(F)c1F. The molecule has 3 aromatic rings. The number of rotatable bonds is 2. The molecule has 0 aliphatic carbocycles. The van der Waals surface area contributed by atoms with Crippen LogP contribution in [0.4, 0.5) is 22.0 Å². The van der Waals surface area contributed by atoms with Gasteiger partial charge in [0.25, 0.3) is 0 Å². The average Bonchev–Trinajstić information content (AvgIpc) is 2.68. The van der Waals surface area contributed by atoms with Crippen LogP contribution in [0.5, 0.6) is 0 Å². The van der Waals surface area contributed by atoms with E-state index >= 15 is 0 Å². The summed E-state index contributed by atoms with van der Waals surface area (Å²) in [6.07, 6.45) is -0.311. The van der Waals surface area contributed by atoms with Gasteiger partial charge in [-0.3, -0.25) is 0 Å². The minimum Gasteiger partial charge on any atom is -0.348 e. The van der Waals surface area contributed by atoms with Gasteiger partial charge < -0.3 is 9.47 Å². The lowest BCUT2D eigenvalue weighted by atomic mass is 9.98. The summed E-state index contributed by atoms with van der Waals surface area (Å²) in [5, 5.41) is -0.120. The van der Waals surface area contributed by atoms with Gasteiger partial charge in [0.1, 0.15) is 0 Å². The van der Waals surface area contributed by atoms with Crippen LogP contribution in [-0.4, -0.2) is 13.2 Å². The first kappa shape index (κ1) is 17.9. The third-order valence-corrected chi connectivity index (χ3v) is 4.48. The second-order valence-corrected chi connectivity index (χ2v) is 6.18. The molecule has 4 rings (SSSR count). The molecule has 0 amide bonds. The Hall–Kier alpha value is -2.51. The zero-order chi connectivity index (χ0) is 19.1. The maximum absolute atomic E-state index is 14.6. The molecule has 0 saturated carbocycles. The maximum Gasteiger partial charge on any atom is 0.195 e. The molecule has 0 bridgehead atoms. The summed E-state index contributed by atoms with van der Waals surface area (Å²) in [6, 6.07) is 7.27. The number of halogens is 5. The van der Waals surface area contributed by atoms with Crippen molar-refractivity contribution in [2.75, 3.05) is 13.2 Å². The van der Waals surface area contributed by atoms with Crippen molar-refractivity contribution in [3.05, 3.63) is 71.0 Å². The Bertz CT molecular complexity index is 1030. The molecule has 1 heterocycles. The van der Waals surface area contributed by atoms with Crippen LogP contribution >= 0.6 is 0 Å². The third-order valence-electron chi connectivity index (χ3n) is 4.48. The van der Waals surface area contributed by atoms with Crippen LogP contribution < -0.4 is 0 Å². The van der Waals surface area contributed by atoms with E-state index in [4.69, 9.17) is 9.47 Å². The highest BCUT2D eigenvalue weighted by Gasteiger charge is 2.24. The smallest absolute Gasteiger partial charge is 0.195 e. The molecule has 0 aromatic heterocycles. The first-order valence-corrected chi connectivity index (χ1v) is 8.26. The number of fused-ring (bicyclic) bond motifs is 1. The molecule has 0 spiro atoms. The first-order valence-electron chi connectivity index (χ1n) is 8.26. The molecule has 0 N–H and O–H groups in total. The van der Waals surface area contributed by atoms with E-state index in [0.29, 0.717) is 19.6 Å². The van der Waals surface area contributed by atoms with E-state index in [1.54, 1.807) is 0 Å². The minimum absolute atomic E-state index is 0.0340. The Balaban J connectivity index is 1.79. The van der Waals surface area contributed by atoms with Gasteiger partial charge in [-0.15, -0.1) is 0 Å². The van der Waals surface area contributed by atoms with Gasteiger partial charge in [0, 0.05) is 16.5 Å². The van der Waals surface area contributed by atoms with Crippen molar-refractivity contribution < 1.29 is 31.4 Å². The predicted octanol–water partition coefficient (Wildman–Crippen LogP) is 5.64. The van der Waals surface area contributed by atoms with Crippen molar-refractivity contribution in [2.24, 2.45) is 0 Å². The van der Waals surface area contributed by atoms with Crippen LogP contribution in [0.25, 0.3) is 21.9 Å². The zero-order valence-corrected chi connectivity index (χ0v) is 13.9. The molecular formula is C20H13F5O2. The fourth-order valence-electron chi connectivity index (χ4n) is 3.11. The monoisotopic (exact) mass is 380 g/mol. The molecule has 0 atom stereocenters. The van der Waals surface area contributed by atoms with Crippen LogP contribution in [0.2, 0.25) is 0 Å². The van der Waals surface area contributed by atoms with E-state index in [-0.39, 0.29) is 27.5 Å². The maximum atomic E-state index is 14.6. The predicted molar refractivity (Wildman–Crippen MR) is 88.4 cm³/mol. The molecule has 3 aromatic carbocycles. The van der Waals surface area contributed by atoms with E-state index in [1.807, 2.05) is 0 Å². The van der Waals surface area contributed by atoms with E-state index in [2.05, 4.69) is 0 Å². The summed E-state index contributed by atoms with van der Waals surface area (Å²) in [7, 11) is 0. The lowest BCUT2D eigenvalue weighted by Gasteiger charge is -2.24. The van der Waals surface area contributed by atoms with Gasteiger partial charge in [0.2, 0.25) is 0 Å². The van der Waals surface area contributed by atoms with E-state index in [1.165, 1.54) is 30.3 Å². The van der Waals surface area contributed by atoms with E-state index < -0.39 is 35.4 Å². The highest BCUT2D eigenvalue weighted by Crippen LogP contribution is 2.34. The molecule has 2 nitrogen and oxygen atoms in total. The minimum atomic E-state index is -1.58. The Morgan fingerprint density at radius 3 is 2.22 bits per heavy atom. The van der Waals surface area contributed by atoms with Crippen molar-refractivity contribution in [2.45, 2.75) is 12.7 Å². The van der Waals surface area contributed by atoms with Gasteiger partial charge in [-0.2, -0.15) is 0 Å². The number of hydrogen-bond acceptors (Lipinski definition) is 2. The molecule has 7 heteroatoms. The number of benzene rings is 3. The normalized spacial score (nSPS) is 15.4. The topological polar surface area (TPSA) is 18.5 Å². The summed E-state index contributed by atoms with van der Waals surface area (Å²) in [4.78, 5) is 0. The van der Waals surface area contributed by atoms with Gasteiger partial charge >= 0.3 is 0 Å². The summed E-state index contributed by atoms with van der Waals surface area (Å²) < 4.78 is 80.4. The van der Waals surface area contributed by atoms with E-state index in [0.717, 1.165) is 6.07 Å². The fourth-order valence-corrected chi connectivity index (χ4v) is 3.11. The Kier molecular flexibility index (Phi) is 4.57. The summed E-state index contributed by atoms with van der Waals surface area (Å²) in [5.74, 6) is -6.51. The molecule has 27 heavy (non-hydrogen) atoms. The fraction of sp³-hybridized carbons (Fsp3) is 0.200. The van der Waals surface area contributed by atoms with Crippen LogP contribution in [-0.2, 0) is 9.47 Å². The van der Waals surface area contributed by atoms with Crippen molar-refractivity contribution in [3.8, 4) is 11.1 Å². The second kappa shape index (κ2) is 6.90. The molecule has 140 valence electrons. The zero-order valence-electron chi connectivity index (χ0n) is 13.9. The average molecular weight is 380 g/mol. The van der Waals surface area contributed by atoms with Gasteiger partial charge in [-0.1, -0.05) is 24.3 Å². The van der Waals surface area contributed by atoms with Crippen molar-refractivity contribution in [1.82, 2.24) is 0 Å². The Morgan fingerprint density at radius 1 is 0.741 bits per heavy atom. The molecule has 0 radical (unpaired) electrons. The molecule has 1 aliphatic heterocycles. The van der Waals surface area contributed by atoms with Crippen molar-refractivity contribution in [1.29, 1.82) is 0 Å². The van der Waals surface area contributed by atoms with Gasteiger partial charge in [-0.25, -0.2) is 22.0 Å². The van der Waals surface area contributed by atoms with E-state index in [9.17, 15) is 22.0 Å². The molecule has 0 unspecified atom stereocenters. The van der Waals surface area contributed by atoms with Crippen LogP contribution in [0.15, 0.2) is 36.4 Å². The summed E-state index contributed by atoms with van der Waals surface area (Å²) in [5.41, 5.74) is 0.0383.